The van der Waals surface area contributed by atoms with Crippen LogP contribution in [0.1, 0.15) is 11.3 Å². The number of aromatic nitrogens is 1. The number of aryl methyl sites for hydroxylation is 1. The molecule has 0 radical (unpaired) electrons. The van der Waals surface area contributed by atoms with Gasteiger partial charge in [-0.3, -0.25) is 9.98 Å². The Morgan fingerprint density at radius 3 is 2.81 bits per heavy atom. The van der Waals surface area contributed by atoms with Crippen molar-refractivity contribution in [3.05, 3.63) is 64.3 Å². The molecule has 21 heavy (non-hydrogen) atoms. The van der Waals surface area contributed by atoms with Gasteiger partial charge in [0.1, 0.15) is 5.75 Å². The van der Waals surface area contributed by atoms with E-state index in [-0.39, 0.29) is 5.75 Å². The van der Waals surface area contributed by atoms with E-state index in [1.54, 1.807) is 18.3 Å². The second-order valence-corrected chi connectivity index (χ2v) is 5.71. The lowest BCUT2D eigenvalue weighted by Gasteiger charge is -2.01. The van der Waals surface area contributed by atoms with Crippen LogP contribution in [0.5, 0.6) is 5.75 Å². The summed E-state index contributed by atoms with van der Waals surface area (Å²) >= 11 is 3.38. The van der Waals surface area contributed by atoms with E-state index < -0.39 is 0 Å². The second kappa shape index (κ2) is 5.66. The molecule has 0 fully saturated rings. The van der Waals surface area contributed by atoms with E-state index in [0.29, 0.717) is 5.56 Å². The first kappa shape index (κ1) is 13.8. The van der Waals surface area contributed by atoms with Crippen LogP contribution >= 0.6 is 15.9 Å². The Morgan fingerprint density at radius 1 is 1.10 bits per heavy atom. The van der Waals surface area contributed by atoms with Crippen LogP contribution in [0, 0.1) is 6.92 Å². The molecule has 0 saturated heterocycles. The minimum Gasteiger partial charge on any atom is -0.507 e. The number of rotatable bonds is 2. The maximum atomic E-state index is 9.79. The molecule has 0 aliphatic carbocycles. The molecular formula is C17H13BrN2O. The fourth-order valence-electron chi connectivity index (χ4n) is 2.07. The van der Waals surface area contributed by atoms with Crippen molar-refractivity contribution in [2.24, 2.45) is 4.99 Å². The van der Waals surface area contributed by atoms with Gasteiger partial charge in [0.25, 0.3) is 0 Å². The Bertz CT molecular complexity index is 843. The van der Waals surface area contributed by atoms with Gasteiger partial charge >= 0.3 is 0 Å². The first-order valence-electron chi connectivity index (χ1n) is 6.52. The van der Waals surface area contributed by atoms with Crippen LogP contribution in [-0.2, 0) is 0 Å². The highest BCUT2D eigenvalue weighted by Gasteiger charge is 2.00. The van der Waals surface area contributed by atoms with Crippen molar-refractivity contribution < 1.29 is 5.11 Å². The molecule has 0 bridgehead atoms. The summed E-state index contributed by atoms with van der Waals surface area (Å²) in [4.78, 5) is 8.88. The molecule has 1 N–H and O–H groups in total. The predicted octanol–water partition coefficient (Wildman–Crippen LogP) is 4.76. The summed E-state index contributed by atoms with van der Waals surface area (Å²) in [5, 5.41) is 10.8. The summed E-state index contributed by atoms with van der Waals surface area (Å²) < 4.78 is 0.903. The zero-order valence-corrected chi connectivity index (χ0v) is 13.0. The van der Waals surface area contributed by atoms with Gasteiger partial charge in [0.15, 0.2) is 0 Å². The number of nitrogens with zero attached hydrogens (tertiary/aromatic N) is 2. The van der Waals surface area contributed by atoms with E-state index >= 15 is 0 Å². The third kappa shape index (κ3) is 3.11. The number of aromatic hydroxyl groups is 1. The Morgan fingerprint density at radius 2 is 1.95 bits per heavy atom. The van der Waals surface area contributed by atoms with Crippen molar-refractivity contribution in [2.75, 3.05) is 0 Å². The first-order valence-corrected chi connectivity index (χ1v) is 7.31. The van der Waals surface area contributed by atoms with Crippen LogP contribution < -0.4 is 0 Å². The molecule has 1 aromatic heterocycles. The molecule has 0 aliphatic heterocycles. The van der Waals surface area contributed by atoms with Gasteiger partial charge in [0.05, 0.1) is 11.2 Å². The number of hydrogen-bond acceptors (Lipinski definition) is 3. The zero-order valence-electron chi connectivity index (χ0n) is 11.4. The van der Waals surface area contributed by atoms with Crippen molar-refractivity contribution >= 4 is 38.7 Å². The number of phenols is 1. The zero-order chi connectivity index (χ0) is 14.8. The summed E-state index contributed by atoms with van der Waals surface area (Å²) in [6.07, 6.45) is 1.66. The molecular weight excluding hydrogens is 328 g/mol. The number of pyridine rings is 1. The van der Waals surface area contributed by atoms with Gasteiger partial charge in [-0.1, -0.05) is 22.0 Å². The summed E-state index contributed by atoms with van der Waals surface area (Å²) in [5.41, 5.74) is 3.45. The standard InChI is InChI=1S/C17H13BrN2O/c1-11-2-3-12-9-15(5-6-16(12)20-11)19-10-13-8-14(18)4-7-17(13)21/h2-10,21H,1H3. The maximum Gasteiger partial charge on any atom is 0.124 e. The van der Waals surface area contributed by atoms with Gasteiger partial charge in [0, 0.05) is 27.3 Å². The fraction of sp³-hybridized carbons (Fsp3) is 0.0588. The Balaban J connectivity index is 1.95. The van der Waals surface area contributed by atoms with E-state index in [0.717, 1.165) is 26.8 Å². The number of hydrogen-bond donors (Lipinski definition) is 1. The molecule has 3 rings (SSSR count). The number of fused-ring (bicyclic) bond motifs is 1. The van der Waals surface area contributed by atoms with Gasteiger partial charge < -0.3 is 5.11 Å². The van der Waals surface area contributed by atoms with E-state index in [1.807, 2.05) is 43.3 Å². The lowest BCUT2D eigenvalue weighted by atomic mass is 10.2. The van der Waals surface area contributed by atoms with E-state index in [2.05, 4.69) is 25.9 Å². The first-order chi connectivity index (χ1) is 10.1. The van der Waals surface area contributed by atoms with Crippen LogP contribution in [0.15, 0.2) is 58.0 Å². The number of halogens is 1. The van der Waals surface area contributed by atoms with E-state index in [9.17, 15) is 5.11 Å². The van der Waals surface area contributed by atoms with E-state index in [1.165, 1.54) is 0 Å². The van der Waals surface area contributed by atoms with Crippen LogP contribution in [-0.4, -0.2) is 16.3 Å². The minimum atomic E-state index is 0.208. The summed E-state index contributed by atoms with van der Waals surface area (Å²) in [5.74, 6) is 0.208. The molecule has 0 saturated carbocycles. The molecule has 4 heteroatoms. The highest BCUT2D eigenvalue weighted by molar-refractivity contribution is 9.10. The average Bonchev–Trinajstić information content (AvgIpc) is 2.48. The highest BCUT2D eigenvalue weighted by atomic mass is 79.9. The summed E-state index contributed by atoms with van der Waals surface area (Å²) in [6.45, 7) is 1.97. The normalized spacial score (nSPS) is 11.3. The van der Waals surface area contributed by atoms with Gasteiger partial charge in [-0.25, -0.2) is 0 Å². The van der Waals surface area contributed by atoms with Crippen molar-refractivity contribution in [1.29, 1.82) is 0 Å². The van der Waals surface area contributed by atoms with E-state index in [4.69, 9.17) is 0 Å². The van der Waals surface area contributed by atoms with Crippen LogP contribution in [0.25, 0.3) is 10.9 Å². The molecule has 0 unspecified atom stereocenters. The molecule has 2 aromatic carbocycles. The Kier molecular flexibility index (Phi) is 3.71. The van der Waals surface area contributed by atoms with Gasteiger partial charge in [-0.05, 0) is 49.4 Å². The third-order valence-electron chi connectivity index (χ3n) is 3.15. The molecule has 0 spiro atoms. The van der Waals surface area contributed by atoms with Crippen LogP contribution in [0.3, 0.4) is 0 Å². The molecule has 0 amide bonds. The molecule has 0 aliphatic rings. The lowest BCUT2D eigenvalue weighted by molar-refractivity contribution is 0.474. The molecule has 104 valence electrons. The van der Waals surface area contributed by atoms with Crippen molar-refractivity contribution in [2.45, 2.75) is 6.92 Å². The van der Waals surface area contributed by atoms with Crippen molar-refractivity contribution in [3.63, 3.8) is 0 Å². The summed E-state index contributed by atoms with van der Waals surface area (Å²) in [7, 11) is 0. The molecule has 3 aromatic rings. The Hall–Kier alpha value is -2.20. The molecule has 1 heterocycles. The number of phenolic OH excluding ortho intramolecular Hbond substituents is 1. The van der Waals surface area contributed by atoms with Crippen LogP contribution in [0.2, 0.25) is 0 Å². The smallest absolute Gasteiger partial charge is 0.124 e. The van der Waals surface area contributed by atoms with Crippen molar-refractivity contribution in [3.8, 4) is 5.75 Å². The average molecular weight is 341 g/mol. The van der Waals surface area contributed by atoms with Gasteiger partial charge in [-0.2, -0.15) is 0 Å². The van der Waals surface area contributed by atoms with Gasteiger partial charge in [0.2, 0.25) is 0 Å². The fourth-order valence-corrected chi connectivity index (χ4v) is 2.45. The Labute approximate surface area is 131 Å². The third-order valence-corrected chi connectivity index (χ3v) is 3.65. The second-order valence-electron chi connectivity index (χ2n) is 4.79. The number of benzene rings is 2. The topological polar surface area (TPSA) is 45.5 Å². The minimum absolute atomic E-state index is 0.208. The largest absolute Gasteiger partial charge is 0.507 e. The number of aliphatic imine (C=N–C) groups is 1. The lowest BCUT2D eigenvalue weighted by Crippen LogP contribution is -1.84. The summed E-state index contributed by atoms with van der Waals surface area (Å²) in [6, 6.07) is 15.1. The predicted molar refractivity (Wildman–Crippen MR) is 89.5 cm³/mol. The van der Waals surface area contributed by atoms with Crippen LogP contribution in [0.4, 0.5) is 5.69 Å². The highest BCUT2D eigenvalue weighted by Crippen LogP contribution is 2.23. The molecule has 3 nitrogen and oxygen atoms in total. The van der Waals surface area contributed by atoms with Crippen molar-refractivity contribution in [1.82, 2.24) is 4.98 Å². The maximum absolute atomic E-state index is 9.79. The molecule has 0 atom stereocenters. The SMILES string of the molecule is Cc1ccc2cc(N=Cc3cc(Br)ccc3O)ccc2n1. The monoisotopic (exact) mass is 340 g/mol. The van der Waals surface area contributed by atoms with Gasteiger partial charge in [-0.15, -0.1) is 0 Å². The quantitative estimate of drug-likeness (QED) is 0.683.